The topological polar surface area (TPSA) is 122 Å². The van der Waals surface area contributed by atoms with Crippen LogP contribution in [0.3, 0.4) is 0 Å². The molecule has 0 bridgehead atoms. The van der Waals surface area contributed by atoms with Gasteiger partial charge in [-0.2, -0.15) is 0 Å². The van der Waals surface area contributed by atoms with Crippen LogP contribution < -0.4 is 5.73 Å². The monoisotopic (exact) mass is 457 g/mol. The van der Waals surface area contributed by atoms with E-state index in [9.17, 15) is 19.5 Å². The molecule has 0 radical (unpaired) electrons. The van der Waals surface area contributed by atoms with Crippen LogP contribution in [0, 0.1) is 11.8 Å². The standard InChI is InChI=1S/C23H43N3O6/c1-6-7-17(2)14-25(4)23(9-11-26(12-10-23)21(29)19(24)15-27)16-32-22(30)18(3)20(28)8-13-31-5/h17-19,27H,6-16,24H2,1-5H3. The highest BCUT2D eigenvalue weighted by molar-refractivity contribution is 5.98. The molecule has 0 aromatic heterocycles. The van der Waals surface area contributed by atoms with Gasteiger partial charge in [-0.15, -0.1) is 0 Å². The van der Waals surface area contributed by atoms with E-state index in [1.807, 2.05) is 7.05 Å². The van der Waals surface area contributed by atoms with Crippen molar-refractivity contribution in [2.45, 2.75) is 64.5 Å². The van der Waals surface area contributed by atoms with Crippen LogP contribution in [0.15, 0.2) is 0 Å². The molecular weight excluding hydrogens is 414 g/mol. The zero-order chi connectivity index (χ0) is 24.3. The van der Waals surface area contributed by atoms with Gasteiger partial charge in [0.2, 0.25) is 5.91 Å². The summed E-state index contributed by atoms with van der Waals surface area (Å²) in [6.45, 7) is 7.77. The summed E-state index contributed by atoms with van der Waals surface area (Å²) in [6, 6.07) is -0.915. The van der Waals surface area contributed by atoms with Crippen LogP contribution in [-0.4, -0.2) is 97.8 Å². The largest absolute Gasteiger partial charge is 0.463 e. The van der Waals surface area contributed by atoms with Gasteiger partial charge in [-0.1, -0.05) is 20.3 Å². The molecule has 3 N–H and O–H groups in total. The minimum Gasteiger partial charge on any atom is -0.463 e. The highest BCUT2D eigenvalue weighted by atomic mass is 16.5. The number of carbonyl (C=O) groups is 3. The van der Waals surface area contributed by atoms with E-state index in [-0.39, 0.29) is 37.9 Å². The average molecular weight is 458 g/mol. The SMILES string of the molecule is CCCC(C)CN(C)C1(COC(=O)C(C)C(=O)CCOC)CCN(C(=O)C(N)CO)CC1. The first-order chi connectivity index (χ1) is 15.1. The molecule has 0 aromatic rings. The van der Waals surface area contributed by atoms with Gasteiger partial charge in [-0.3, -0.25) is 19.3 Å². The summed E-state index contributed by atoms with van der Waals surface area (Å²) in [5.41, 5.74) is 5.28. The molecule has 0 saturated carbocycles. The van der Waals surface area contributed by atoms with Crippen molar-refractivity contribution >= 4 is 17.7 Å². The number of ether oxygens (including phenoxy) is 2. The molecule has 186 valence electrons. The Kier molecular flexibility index (Phi) is 12.3. The van der Waals surface area contributed by atoms with Gasteiger partial charge in [0.05, 0.1) is 18.8 Å². The molecule has 3 atom stereocenters. The number of aliphatic hydroxyl groups is 1. The number of piperidine rings is 1. The number of methoxy groups -OCH3 is 1. The second-order valence-corrected chi connectivity index (χ2v) is 9.15. The van der Waals surface area contributed by atoms with E-state index in [2.05, 4.69) is 18.7 Å². The summed E-state index contributed by atoms with van der Waals surface area (Å²) in [6.07, 6.45) is 3.60. The summed E-state index contributed by atoms with van der Waals surface area (Å²) in [5, 5.41) is 9.20. The van der Waals surface area contributed by atoms with Crippen molar-refractivity contribution in [2.75, 3.05) is 53.6 Å². The number of nitrogens with zero attached hydrogens (tertiary/aromatic N) is 2. The van der Waals surface area contributed by atoms with Crippen molar-refractivity contribution < 1.29 is 29.0 Å². The van der Waals surface area contributed by atoms with Gasteiger partial charge < -0.3 is 25.2 Å². The molecule has 1 saturated heterocycles. The minimum absolute atomic E-state index is 0.164. The summed E-state index contributed by atoms with van der Waals surface area (Å²) in [7, 11) is 3.55. The molecule has 1 rings (SSSR count). The lowest BCUT2D eigenvalue weighted by Gasteiger charge is -2.48. The summed E-state index contributed by atoms with van der Waals surface area (Å²) >= 11 is 0. The first kappa shape index (κ1) is 28.5. The second-order valence-electron chi connectivity index (χ2n) is 9.15. The van der Waals surface area contributed by atoms with Crippen LogP contribution >= 0.6 is 0 Å². The molecule has 1 aliphatic rings. The number of ketones is 1. The van der Waals surface area contributed by atoms with Crippen molar-refractivity contribution in [1.29, 1.82) is 0 Å². The first-order valence-corrected chi connectivity index (χ1v) is 11.7. The van der Waals surface area contributed by atoms with Crippen LogP contribution in [0.5, 0.6) is 0 Å². The van der Waals surface area contributed by atoms with Gasteiger partial charge >= 0.3 is 5.97 Å². The number of aliphatic hydroxyl groups excluding tert-OH is 1. The number of nitrogens with two attached hydrogens (primary N) is 1. The maximum absolute atomic E-state index is 12.6. The molecule has 0 spiro atoms. The number of carbonyl (C=O) groups excluding carboxylic acids is 3. The molecule has 32 heavy (non-hydrogen) atoms. The summed E-state index contributed by atoms with van der Waals surface area (Å²) < 4.78 is 10.6. The second kappa shape index (κ2) is 13.9. The van der Waals surface area contributed by atoms with E-state index in [1.165, 1.54) is 7.11 Å². The van der Waals surface area contributed by atoms with Crippen molar-refractivity contribution in [3.8, 4) is 0 Å². The molecule has 3 unspecified atom stereocenters. The zero-order valence-corrected chi connectivity index (χ0v) is 20.5. The van der Waals surface area contributed by atoms with Crippen LogP contribution in [0.25, 0.3) is 0 Å². The number of hydrogen-bond acceptors (Lipinski definition) is 8. The fourth-order valence-electron chi connectivity index (χ4n) is 4.22. The molecule has 0 aliphatic carbocycles. The normalized spacial score (nSPS) is 18.8. The van der Waals surface area contributed by atoms with Crippen LogP contribution in [0.2, 0.25) is 0 Å². The fourth-order valence-corrected chi connectivity index (χ4v) is 4.22. The van der Waals surface area contributed by atoms with E-state index >= 15 is 0 Å². The molecular formula is C23H43N3O6. The van der Waals surface area contributed by atoms with Gasteiger partial charge in [-0.05, 0) is 39.2 Å². The van der Waals surface area contributed by atoms with Crippen molar-refractivity contribution in [3.05, 3.63) is 0 Å². The number of esters is 1. The maximum Gasteiger partial charge on any atom is 0.316 e. The lowest BCUT2D eigenvalue weighted by molar-refractivity contribution is -0.158. The van der Waals surface area contributed by atoms with E-state index in [0.717, 1.165) is 19.4 Å². The van der Waals surface area contributed by atoms with Gasteiger partial charge in [0.25, 0.3) is 0 Å². The third kappa shape index (κ3) is 8.10. The molecule has 1 heterocycles. The van der Waals surface area contributed by atoms with E-state index < -0.39 is 23.5 Å². The highest BCUT2D eigenvalue weighted by Gasteiger charge is 2.42. The molecule has 9 nitrogen and oxygen atoms in total. The Bertz CT molecular complexity index is 607. The van der Waals surface area contributed by atoms with E-state index in [0.29, 0.717) is 31.8 Å². The van der Waals surface area contributed by atoms with Crippen molar-refractivity contribution in [2.24, 2.45) is 17.6 Å². The number of Topliss-reactive ketones (excluding diaryl/α,β-unsaturated/α-hetero) is 1. The van der Waals surface area contributed by atoms with Crippen molar-refractivity contribution in [1.82, 2.24) is 9.80 Å². The van der Waals surface area contributed by atoms with Gasteiger partial charge in [0.15, 0.2) is 0 Å². The van der Waals surface area contributed by atoms with Crippen LogP contribution in [0.4, 0.5) is 0 Å². The minimum atomic E-state index is -0.915. The predicted molar refractivity (Wildman–Crippen MR) is 122 cm³/mol. The number of hydrogen-bond donors (Lipinski definition) is 2. The molecule has 1 aliphatic heterocycles. The molecule has 1 amide bonds. The molecule has 9 heteroatoms. The van der Waals surface area contributed by atoms with E-state index in [4.69, 9.17) is 15.2 Å². The van der Waals surface area contributed by atoms with E-state index in [1.54, 1.807) is 11.8 Å². The Hall–Kier alpha value is -1.55. The number of rotatable bonds is 14. The van der Waals surface area contributed by atoms with Gasteiger partial charge in [0, 0.05) is 33.2 Å². The fraction of sp³-hybridized carbons (Fsp3) is 0.870. The van der Waals surface area contributed by atoms with Crippen LogP contribution in [0.1, 0.15) is 52.9 Å². The smallest absolute Gasteiger partial charge is 0.316 e. The Morgan fingerprint density at radius 1 is 1.22 bits per heavy atom. The highest BCUT2D eigenvalue weighted by Crippen LogP contribution is 2.30. The Morgan fingerprint density at radius 2 is 1.84 bits per heavy atom. The van der Waals surface area contributed by atoms with Gasteiger partial charge in [-0.25, -0.2) is 0 Å². The zero-order valence-electron chi connectivity index (χ0n) is 20.5. The molecule has 1 fully saturated rings. The lowest BCUT2D eigenvalue weighted by Crippen LogP contribution is -2.60. The third-order valence-corrected chi connectivity index (χ3v) is 6.57. The maximum atomic E-state index is 12.6. The first-order valence-electron chi connectivity index (χ1n) is 11.7. The third-order valence-electron chi connectivity index (χ3n) is 6.57. The quantitative estimate of drug-likeness (QED) is 0.290. The number of likely N-dealkylation sites (tertiary alicyclic amines) is 1. The Morgan fingerprint density at radius 3 is 2.38 bits per heavy atom. The average Bonchev–Trinajstić information content (AvgIpc) is 2.79. The Balaban J connectivity index is 2.87. The number of amides is 1. The predicted octanol–water partition coefficient (Wildman–Crippen LogP) is 0.820. The van der Waals surface area contributed by atoms with Gasteiger partial charge in [0.1, 0.15) is 24.3 Å². The summed E-state index contributed by atoms with van der Waals surface area (Å²) in [4.78, 5) is 41.0. The summed E-state index contributed by atoms with van der Waals surface area (Å²) in [5.74, 6) is -1.35. The van der Waals surface area contributed by atoms with Crippen molar-refractivity contribution in [3.63, 3.8) is 0 Å². The molecule has 0 aromatic carbocycles. The van der Waals surface area contributed by atoms with Crippen LogP contribution in [-0.2, 0) is 23.9 Å². The number of likely N-dealkylation sites (N-methyl/N-ethyl adjacent to an activating group) is 1. The lowest BCUT2D eigenvalue weighted by atomic mass is 9.85. The Labute approximate surface area is 192 Å².